The van der Waals surface area contributed by atoms with Crippen LogP contribution in [0, 0.1) is 58.2 Å². The van der Waals surface area contributed by atoms with E-state index in [2.05, 4.69) is 18.8 Å². The molecule has 4 N–H and O–H groups in total. The number of aliphatic hydroxyl groups is 4. The third-order valence-electron chi connectivity index (χ3n) is 13.9. The topological polar surface area (TPSA) is 126 Å². The minimum absolute atomic E-state index is 0.00414. The zero-order chi connectivity index (χ0) is 31.8. The molecule has 15 atom stereocenters. The fourth-order valence-electron chi connectivity index (χ4n) is 10.9. The number of ether oxygens (including phenoxy) is 3. The second-order valence-corrected chi connectivity index (χ2v) is 15.8. The minimum atomic E-state index is -1.57. The molecule has 2 heterocycles. The zero-order valence-corrected chi connectivity index (χ0v) is 27.4. The largest absolute Gasteiger partial charge is 0.387 e. The Bertz CT molecular complexity index is 1220. The van der Waals surface area contributed by atoms with Crippen molar-refractivity contribution in [3.63, 3.8) is 0 Å². The molecule has 6 rings (SSSR count). The van der Waals surface area contributed by atoms with Crippen LogP contribution in [0.4, 0.5) is 0 Å². The van der Waals surface area contributed by atoms with Gasteiger partial charge in [0.25, 0.3) is 0 Å². The Kier molecular flexibility index (Phi) is 8.48. The van der Waals surface area contributed by atoms with Crippen LogP contribution in [0.3, 0.4) is 0 Å². The number of carbonyl (C=O) groups is 1. The molecule has 0 radical (unpaired) electrons. The summed E-state index contributed by atoms with van der Waals surface area (Å²) < 4.78 is 17.6. The van der Waals surface area contributed by atoms with Gasteiger partial charge in [-0.1, -0.05) is 33.6 Å². The summed E-state index contributed by atoms with van der Waals surface area (Å²) in [5, 5.41) is 48.1. The minimum Gasteiger partial charge on any atom is -0.387 e. The Morgan fingerprint density at radius 3 is 2.45 bits per heavy atom. The van der Waals surface area contributed by atoms with Crippen molar-refractivity contribution in [3.05, 3.63) is 11.6 Å². The lowest BCUT2D eigenvalue weighted by Crippen LogP contribution is -2.66. The number of fused-ring (bicyclic) bond motifs is 6. The van der Waals surface area contributed by atoms with E-state index in [1.165, 1.54) is 0 Å². The number of hydrogen-bond donors (Lipinski definition) is 4. The van der Waals surface area contributed by atoms with Gasteiger partial charge in [0.15, 0.2) is 5.78 Å². The summed E-state index contributed by atoms with van der Waals surface area (Å²) in [6.07, 6.45) is 3.65. The molecule has 246 valence electrons. The van der Waals surface area contributed by atoms with Gasteiger partial charge < -0.3 is 34.6 Å². The summed E-state index contributed by atoms with van der Waals surface area (Å²) in [6.45, 7) is 11.2. The van der Waals surface area contributed by atoms with Crippen LogP contribution < -0.4 is 0 Å². The second-order valence-electron chi connectivity index (χ2n) is 15.8. The third kappa shape index (κ3) is 4.63. The van der Waals surface area contributed by atoms with Crippen LogP contribution in [0.1, 0.15) is 86.0 Å². The number of ketones is 1. The van der Waals surface area contributed by atoms with Crippen molar-refractivity contribution in [3.8, 4) is 11.8 Å². The lowest BCUT2D eigenvalue weighted by molar-refractivity contribution is -0.211. The van der Waals surface area contributed by atoms with Crippen LogP contribution in [-0.4, -0.2) is 88.3 Å². The van der Waals surface area contributed by atoms with E-state index in [1.54, 1.807) is 20.1 Å². The van der Waals surface area contributed by atoms with Crippen molar-refractivity contribution < 1.29 is 39.4 Å². The molecule has 4 aliphatic carbocycles. The van der Waals surface area contributed by atoms with E-state index in [0.717, 1.165) is 31.3 Å². The van der Waals surface area contributed by atoms with Crippen molar-refractivity contribution in [1.29, 1.82) is 0 Å². The van der Waals surface area contributed by atoms with E-state index in [9.17, 15) is 25.2 Å². The molecule has 0 aromatic carbocycles. The molecular weight excluding hydrogens is 560 g/mol. The fourth-order valence-corrected chi connectivity index (χ4v) is 10.9. The van der Waals surface area contributed by atoms with Crippen molar-refractivity contribution >= 4 is 5.78 Å². The van der Waals surface area contributed by atoms with Gasteiger partial charge in [0.2, 0.25) is 0 Å². The first-order valence-corrected chi connectivity index (χ1v) is 17.0. The normalized spacial score (nSPS) is 53.3. The van der Waals surface area contributed by atoms with Crippen molar-refractivity contribution in [2.24, 2.45) is 46.3 Å². The van der Waals surface area contributed by atoms with Gasteiger partial charge in [0.1, 0.15) is 12.2 Å². The Labute approximate surface area is 262 Å². The molecular formula is C36H54O8. The van der Waals surface area contributed by atoms with Crippen molar-refractivity contribution in [2.45, 2.75) is 128 Å². The summed E-state index contributed by atoms with van der Waals surface area (Å²) >= 11 is 0. The highest BCUT2D eigenvalue weighted by atomic mass is 16.5. The van der Waals surface area contributed by atoms with Crippen LogP contribution in [0.5, 0.6) is 0 Å². The van der Waals surface area contributed by atoms with E-state index in [4.69, 9.17) is 14.2 Å². The third-order valence-corrected chi connectivity index (χ3v) is 13.9. The Morgan fingerprint density at radius 2 is 1.73 bits per heavy atom. The number of hydrogen-bond acceptors (Lipinski definition) is 8. The lowest BCUT2D eigenvalue weighted by Gasteiger charge is -2.63. The summed E-state index contributed by atoms with van der Waals surface area (Å²) in [5.74, 6) is 5.54. The highest BCUT2D eigenvalue weighted by molar-refractivity contribution is 5.95. The first kappa shape index (κ1) is 32.6. The fraction of sp³-hybridized carbons (Fsp3) is 0.861. The first-order chi connectivity index (χ1) is 20.7. The molecule has 0 aromatic rings. The van der Waals surface area contributed by atoms with Crippen LogP contribution in [0.15, 0.2) is 11.6 Å². The predicted molar refractivity (Wildman–Crippen MR) is 164 cm³/mol. The average molecular weight is 615 g/mol. The maximum Gasteiger partial charge on any atom is 0.159 e. The monoisotopic (exact) mass is 614 g/mol. The van der Waals surface area contributed by atoms with Gasteiger partial charge in [0, 0.05) is 38.1 Å². The second kappa shape index (κ2) is 11.4. The Morgan fingerprint density at radius 1 is 1.00 bits per heavy atom. The number of rotatable bonds is 5. The SMILES string of the molecule is COCCCO[C@H]1CC[C@@]2(C)[C@@H](C1)C(=O)C=C1[C@@H]2C[C@H]2CC#C[C@@H](O)[C@@H]3O[C@@H]([C@H](C)[C@H]3C)[C@@H](O)[C@@](C)(O)[C@H]3CC[C@]1(O)[C@]23C. The molecule has 0 spiro atoms. The molecule has 8 nitrogen and oxygen atoms in total. The molecule has 1 saturated heterocycles. The molecule has 44 heavy (non-hydrogen) atoms. The smallest absolute Gasteiger partial charge is 0.159 e. The Hall–Kier alpha value is -1.31. The van der Waals surface area contributed by atoms with Gasteiger partial charge >= 0.3 is 0 Å². The molecule has 0 unspecified atom stereocenters. The molecule has 2 aliphatic heterocycles. The number of carbonyl (C=O) groups excluding carboxylic acids is 1. The molecule has 0 aromatic heterocycles. The van der Waals surface area contributed by atoms with Crippen LogP contribution in [0.25, 0.3) is 0 Å². The van der Waals surface area contributed by atoms with Gasteiger partial charge in [-0.25, -0.2) is 0 Å². The zero-order valence-electron chi connectivity index (χ0n) is 27.4. The molecule has 4 fully saturated rings. The summed E-state index contributed by atoms with van der Waals surface area (Å²) in [6, 6.07) is 0. The lowest BCUT2D eigenvalue weighted by atomic mass is 9.43. The molecule has 2 bridgehead atoms. The summed E-state index contributed by atoms with van der Waals surface area (Å²) in [7, 11) is 1.69. The van der Waals surface area contributed by atoms with Crippen LogP contribution in [-0.2, 0) is 19.0 Å². The Balaban J connectivity index is 1.38. The van der Waals surface area contributed by atoms with Gasteiger partial charge in [-0.15, -0.1) is 5.92 Å². The molecule has 8 heteroatoms. The highest BCUT2D eigenvalue weighted by Crippen LogP contribution is 2.71. The van der Waals surface area contributed by atoms with Gasteiger partial charge in [-0.05, 0) is 98.5 Å². The predicted octanol–water partition coefficient (Wildman–Crippen LogP) is 3.43. The average Bonchev–Trinajstić information content (AvgIpc) is 3.44. The standard InChI is InChI=1S/C36H54O8/c1-20-21(2)31-32(39)35(5,40)29-12-14-36(41)25-19-28(38)26-18-23(43-16-8-15-42-6)11-13-33(26,3)24(25)17-22(34(29,36)4)9-7-10-27(37)30(20)44-31/h19-24,26-27,29-32,37,39-41H,8-9,11-18H2,1-6H3/t20-,21-,22-,23+,24+,26+,27-,29+,30-,31+,32-,33-,34-,35+,36-/m1/s1. The number of allylic oxidation sites excluding steroid dienone is 1. The summed E-state index contributed by atoms with van der Waals surface area (Å²) in [5.41, 5.74) is -3.25. The van der Waals surface area contributed by atoms with Gasteiger partial charge in [0.05, 0.1) is 29.5 Å². The van der Waals surface area contributed by atoms with Crippen LogP contribution >= 0.6 is 0 Å². The highest BCUT2D eigenvalue weighted by Gasteiger charge is 2.72. The maximum absolute atomic E-state index is 13.9. The van der Waals surface area contributed by atoms with Crippen molar-refractivity contribution in [1.82, 2.24) is 0 Å². The van der Waals surface area contributed by atoms with E-state index >= 15 is 0 Å². The maximum atomic E-state index is 13.9. The quantitative estimate of drug-likeness (QED) is 0.274. The number of methoxy groups -OCH3 is 1. The van der Waals surface area contributed by atoms with Gasteiger partial charge in [-0.2, -0.15) is 0 Å². The first-order valence-electron chi connectivity index (χ1n) is 17.0. The summed E-state index contributed by atoms with van der Waals surface area (Å²) in [4.78, 5) is 13.9. The number of aliphatic hydroxyl groups excluding tert-OH is 2. The van der Waals surface area contributed by atoms with E-state index < -0.39 is 47.0 Å². The van der Waals surface area contributed by atoms with Gasteiger partial charge in [-0.3, -0.25) is 4.79 Å². The van der Waals surface area contributed by atoms with E-state index in [1.807, 2.05) is 20.8 Å². The molecule has 0 amide bonds. The van der Waals surface area contributed by atoms with Crippen molar-refractivity contribution in [2.75, 3.05) is 20.3 Å². The van der Waals surface area contributed by atoms with Crippen LogP contribution in [0.2, 0.25) is 0 Å². The molecule has 3 saturated carbocycles. The molecule has 6 aliphatic rings. The van der Waals surface area contributed by atoms with E-state index in [0.29, 0.717) is 38.9 Å². The van der Waals surface area contributed by atoms with E-state index in [-0.39, 0.29) is 46.9 Å².